The molecule has 6 nitrogen and oxygen atoms in total. The average molecular weight is 347 g/mol. The van der Waals surface area contributed by atoms with Crippen molar-refractivity contribution in [1.82, 2.24) is 9.80 Å². The molecule has 1 fully saturated rings. The molecule has 6 heteroatoms. The van der Waals surface area contributed by atoms with Gasteiger partial charge in [-0.25, -0.2) is 0 Å². The van der Waals surface area contributed by atoms with Crippen molar-refractivity contribution in [3.05, 3.63) is 29.8 Å². The minimum atomic E-state index is -0.936. The summed E-state index contributed by atoms with van der Waals surface area (Å²) in [5.74, 6) is -1.19. The molecule has 0 spiro atoms. The number of likely N-dealkylation sites (N-methyl/N-ethyl adjacent to an activating group) is 1. The molecule has 1 atom stereocenters. The summed E-state index contributed by atoms with van der Waals surface area (Å²) in [6.07, 6.45) is 3.31. The Balaban J connectivity index is 1.89. The minimum Gasteiger partial charge on any atom is -0.480 e. The molecule has 1 saturated heterocycles. The van der Waals surface area contributed by atoms with E-state index in [0.717, 1.165) is 32.4 Å². The van der Waals surface area contributed by atoms with Gasteiger partial charge in [-0.05, 0) is 37.6 Å². The third kappa shape index (κ3) is 6.14. The van der Waals surface area contributed by atoms with Gasteiger partial charge in [0.2, 0.25) is 5.91 Å². The molecular weight excluding hydrogens is 318 g/mol. The lowest BCUT2D eigenvalue weighted by Gasteiger charge is -2.35. The van der Waals surface area contributed by atoms with E-state index in [2.05, 4.69) is 17.1 Å². The van der Waals surface area contributed by atoms with Crippen LogP contribution in [0, 0.1) is 0 Å². The predicted octanol–water partition coefficient (Wildman–Crippen LogP) is 2.06. The number of carboxylic acids is 1. The monoisotopic (exact) mass is 347 g/mol. The van der Waals surface area contributed by atoms with Crippen molar-refractivity contribution in [1.29, 1.82) is 0 Å². The molecule has 2 N–H and O–H groups in total. The Morgan fingerprint density at radius 3 is 2.36 bits per heavy atom. The maximum absolute atomic E-state index is 12.3. The van der Waals surface area contributed by atoms with Crippen LogP contribution in [-0.4, -0.2) is 66.1 Å². The second kappa shape index (κ2) is 9.53. The number of nitrogens with one attached hydrogen (secondary N) is 1. The lowest BCUT2D eigenvalue weighted by Crippen LogP contribution is -2.52. The summed E-state index contributed by atoms with van der Waals surface area (Å²) in [5.41, 5.74) is 1.97. The number of hydrogen-bond acceptors (Lipinski definition) is 4. The summed E-state index contributed by atoms with van der Waals surface area (Å²) >= 11 is 0. The van der Waals surface area contributed by atoms with E-state index in [9.17, 15) is 14.7 Å². The van der Waals surface area contributed by atoms with Gasteiger partial charge in [0.05, 0.1) is 6.42 Å². The summed E-state index contributed by atoms with van der Waals surface area (Å²) in [6, 6.07) is 7.03. The number of nitrogens with zero attached hydrogens (tertiary/aromatic N) is 2. The first kappa shape index (κ1) is 19.4. The normalized spacial score (nSPS) is 17.2. The van der Waals surface area contributed by atoms with E-state index in [-0.39, 0.29) is 12.3 Å². The first-order valence-electron chi connectivity index (χ1n) is 9.03. The topological polar surface area (TPSA) is 72.9 Å². The van der Waals surface area contributed by atoms with Crippen LogP contribution in [0.15, 0.2) is 24.3 Å². The lowest BCUT2D eigenvalue weighted by molar-refractivity contribution is -0.145. The van der Waals surface area contributed by atoms with E-state index in [1.165, 1.54) is 5.56 Å². The van der Waals surface area contributed by atoms with Gasteiger partial charge < -0.3 is 15.3 Å². The van der Waals surface area contributed by atoms with E-state index < -0.39 is 12.0 Å². The van der Waals surface area contributed by atoms with Crippen molar-refractivity contribution >= 4 is 17.6 Å². The average Bonchev–Trinajstić information content (AvgIpc) is 2.60. The molecular formula is C19H29N3O3. The van der Waals surface area contributed by atoms with Crippen LogP contribution in [0.5, 0.6) is 0 Å². The Labute approximate surface area is 149 Å². The van der Waals surface area contributed by atoms with Crippen molar-refractivity contribution in [3.8, 4) is 0 Å². The summed E-state index contributed by atoms with van der Waals surface area (Å²) in [5, 5.41) is 12.3. The van der Waals surface area contributed by atoms with Crippen molar-refractivity contribution in [2.24, 2.45) is 0 Å². The number of rotatable bonds is 8. The number of anilines is 1. The summed E-state index contributed by atoms with van der Waals surface area (Å²) in [4.78, 5) is 27.9. The Morgan fingerprint density at radius 1 is 1.16 bits per heavy atom. The second-order valence-corrected chi connectivity index (χ2v) is 6.75. The molecule has 0 bridgehead atoms. The second-order valence-electron chi connectivity index (χ2n) is 6.75. The highest BCUT2D eigenvalue weighted by molar-refractivity contribution is 5.94. The quantitative estimate of drug-likeness (QED) is 0.753. The van der Waals surface area contributed by atoms with E-state index in [1.807, 2.05) is 36.2 Å². The van der Waals surface area contributed by atoms with E-state index in [4.69, 9.17) is 0 Å². The van der Waals surface area contributed by atoms with Crippen LogP contribution in [0.1, 0.15) is 31.7 Å². The van der Waals surface area contributed by atoms with Crippen LogP contribution in [0.4, 0.5) is 5.69 Å². The highest BCUT2D eigenvalue weighted by Gasteiger charge is 2.30. The summed E-state index contributed by atoms with van der Waals surface area (Å²) in [7, 11) is 2.02. The van der Waals surface area contributed by atoms with Gasteiger partial charge in [0.15, 0.2) is 0 Å². The number of carbonyl (C=O) groups excluding carboxylic acids is 1. The third-order valence-corrected chi connectivity index (χ3v) is 4.70. The number of benzene rings is 1. The Kier molecular flexibility index (Phi) is 7.40. The highest BCUT2D eigenvalue weighted by atomic mass is 16.4. The lowest BCUT2D eigenvalue weighted by atomic mass is 10.1. The molecule has 1 aliphatic heterocycles. The van der Waals surface area contributed by atoms with Gasteiger partial charge in [0.1, 0.15) is 6.04 Å². The molecule has 1 heterocycles. The molecule has 2 rings (SSSR count). The zero-order valence-corrected chi connectivity index (χ0v) is 15.2. The highest BCUT2D eigenvalue weighted by Crippen LogP contribution is 2.14. The minimum absolute atomic E-state index is 0.0311. The third-order valence-electron chi connectivity index (χ3n) is 4.70. The fourth-order valence-electron chi connectivity index (χ4n) is 3.03. The number of hydrogen-bond donors (Lipinski definition) is 2. The first-order chi connectivity index (χ1) is 12.0. The molecule has 138 valence electrons. The Morgan fingerprint density at radius 2 is 1.80 bits per heavy atom. The molecule has 0 aliphatic carbocycles. The molecule has 1 aromatic rings. The molecule has 1 aromatic carbocycles. The number of unbranched alkanes of at least 4 members (excludes halogenated alkanes) is 1. The number of piperazine rings is 1. The van der Waals surface area contributed by atoms with E-state index in [0.29, 0.717) is 18.8 Å². The van der Waals surface area contributed by atoms with Crippen LogP contribution in [0.2, 0.25) is 0 Å². The first-order valence-corrected chi connectivity index (χ1v) is 9.03. The SMILES string of the molecule is CCCCc1ccc(NC(=O)CC(C(=O)O)N2CCN(C)CC2)cc1. The van der Waals surface area contributed by atoms with Crippen LogP contribution in [0.3, 0.4) is 0 Å². The smallest absolute Gasteiger partial charge is 0.321 e. The Bertz CT molecular complexity index is 566. The summed E-state index contributed by atoms with van der Waals surface area (Å²) in [6.45, 7) is 5.16. The number of amides is 1. The fraction of sp³-hybridized carbons (Fsp3) is 0.579. The van der Waals surface area contributed by atoms with Gasteiger partial charge in [-0.1, -0.05) is 25.5 Å². The standard InChI is InChI=1S/C19H29N3O3/c1-3-4-5-15-6-8-16(9-7-15)20-18(23)14-17(19(24)25)22-12-10-21(2)11-13-22/h6-9,17H,3-5,10-14H2,1-2H3,(H,20,23)(H,24,25). The maximum atomic E-state index is 12.3. The zero-order valence-electron chi connectivity index (χ0n) is 15.2. The zero-order chi connectivity index (χ0) is 18.2. The van der Waals surface area contributed by atoms with Gasteiger partial charge in [-0.15, -0.1) is 0 Å². The largest absolute Gasteiger partial charge is 0.480 e. The van der Waals surface area contributed by atoms with Gasteiger partial charge >= 0.3 is 5.97 Å². The van der Waals surface area contributed by atoms with Crippen molar-refractivity contribution in [2.45, 2.75) is 38.6 Å². The van der Waals surface area contributed by atoms with E-state index in [1.54, 1.807) is 0 Å². The van der Waals surface area contributed by atoms with Crippen molar-refractivity contribution in [3.63, 3.8) is 0 Å². The van der Waals surface area contributed by atoms with Gasteiger partial charge in [-0.3, -0.25) is 14.5 Å². The van der Waals surface area contributed by atoms with Crippen molar-refractivity contribution in [2.75, 3.05) is 38.5 Å². The van der Waals surface area contributed by atoms with E-state index >= 15 is 0 Å². The van der Waals surface area contributed by atoms with Crippen LogP contribution >= 0.6 is 0 Å². The van der Waals surface area contributed by atoms with Gasteiger partial charge in [0.25, 0.3) is 0 Å². The van der Waals surface area contributed by atoms with Crippen LogP contribution < -0.4 is 5.32 Å². The Hall–Kier alpha value is -1.92. The van der Waals surface area contributed by atoms with Gasteiger partial charge in [0, 0.05) is 31.9 Å². The predicted molar refractivity (Wildman–Crippen MR) is 98.8 cm³/mol. The fourth-order valence-corrected chi connectivity index (χ4v) is 3.03. The molecule has 1 aliphatic rings. The van der Waals surface area contributed by atoms with Gasteiger partial charge in [-0.2, -0.15) is 0 Å². The summed E-state index contributed by atoms with van der Waals surface area (Å²) < 4.78 is 0. The van der Waals surface area contributed by atoms with Crippen LogP contribution in [0.25, 0.3) is 0 Å². The number of aryl methyl sites for hydroxylation is 1. The molecule has 0 radical (unpaired) electrons. The maximum Gasteiger partial charge on any atom is 0.321 e. The molecule has 1 unspecified atom stereocenters. The number of aliphatic carboxylic acids is 1. The number of carboxylic acid groups (broad SMARTS) is 1. The molecule has 1 amide bonds. The molecule has 0 aromatic heterocycles. The molecule has 0 saturated carbocycles. The van der Waals surface area contributed by atoms with Crippen LogP contribution in [-0.2, 0) is 16.0 Å². The van der Waals surface area contributed by atoms with Crippen molar-refractivity contribution < 1.29 is 14.7 Å². The number of carbonyl (C=O) groups is 2. The molecule has 25 heavy (non-hydrogen) atoms.